The number of guanidine groups is 1. The van der Waals surface area contributed by atoms with Crippen molar-refractivity contribution in [3.63, 3.8) is 0 Å². The molecule has 0 radical (unpaired) electrons. The number of hydrogen-bond acceptors (Lipinski definition) is 8. The van der Waals surface area contributed by atoms with Crippen molar-refractivity contribution >= 4 is 16.0 Å². The molecule has 0 amide bonds. The molecule has 1 aliphatic rings. The van der Waals surface area contributed by atoms with Crippen LogP contribution in [0.15, 0.2) is 28.1 Å². The highest BCUT2D eigenvalue weighted by atomic mass is 32.2. The van der Waals surface area contributed by atoms with Crippen molar-refractivity contribution in [3.05, 3.63) is 18.2 Å². The summed E-state index contributed by atoms with van der Waals surface area (Å²) in [6.45, 7) is 2.81. The second kappa shape index (κ2) is 7.69. The molecule has 0 aromatic heterocycles. The Labute approximate surface area is 141 Å². The van der Waals surface area contributed by atoms with Gasteiger partial charge >= 0.3 is 0 Å². The maximum Gasteiger partial charge on any atom is 0.264 e. The minimum Gasteiger partial charge on any atom is -0.493 e. The number of hydrogen-bond donors (Lipinski definition) is 3. The van der Waals surface area contributed by atoms with Crippen LogP contribution in [-0.4, -0.2) is 64.6 Å². The summed E-state index contributed by atoms with van der Waals surface area (Å²) >= 11 is 0. The van der Waals surface area contributed by atoms with E-state index in [9.17, 15) is 13.5 Å². The van der Waals surface area contributed by atoms with Gasteiger partial charge in [0, 0.05) is 12.6 Å². The van der Waals surface area contributed by atoms with Crippen molar-refractivity contribution in [2.75, 3.05) is 34.1 Å². The standard InChI is InChI=1S/C14H22N4O5S/c1-10(19)7-18-8-15-14(16-9-18)17-24(20,21)11-4-5-12(22-2)13(6-11)23-3/h4-6,10,19H,7-9H2,1-3H3,(H2,15,16,17)/t10-/m1/s1. The molecule has 2 rings (SSSR count). The highest BCUT2D eigenvalue weighted by Gasteiger charge is 2.21. The molecule has 0 aliphatic carbocycles. The average Bonchev–Trinajstić information content (AvgIpc) is 2.55. The first-order valence-corrected chi connectivity index (χ1v) is 8.77. The van der Waals surface area contributed by atoms with E-state index in [2.05, 4.69) is 15.0 Å². The molecule has 24 heavy (non-hydrogen) atoms. The molecule has 10 heteroatoms. The van der Waals surface area contributed by atoms with Crippen molar-refractivity contribution in [3.8, 4) is 11.5 Å². The van der Waals surface area contributed by atoms with Crippen LogP contribution in [0.5, 0.6) is 11.5 Å². The lowest BCUT2D eigenvalue weighted by Gasteiger charge is -2.27. The molecule has 0 saturated carbocycles. The van der Waals surface area contributed by atoms with Gasteiger partial charge in [-0.3, -0.25) is 4.90 Å². The third-order valence-electron chi connectivity index (χ3n) is 3.32. The Kier molecular flexibility index (Phi) is 5.86. The molecule has 1 atom stereocenters. The molecule has 1 aliphatic heterocycles. The van der Waals surface area contributed by atoms with E-state index in [1.807, 2.05) is 4.90 Å². The van der Waals surface area contributed by atoms with Gasteiger partial charge in [-0.15, -0.1) is 0 Å². The highest BCUT2D eigenvalue weighted by Crippen LogP contribution is 2.29. The Balaban J connectivity index is 2.10. The van der Waals surface area contributed by atoms with Crippen molar-refractivity contribution < 1.29 is 23.0 Å². The molecular formula is C14H22N4O5S. The van der Waals surface area contributed by atoms with E-state index in [0.717, 1.165) is 0 Å². The first kappa shape index (κ1) is 18.3. The van der Waals surface area contributed by atoms with E-state index in [4.69, 9.17) is 9.47 Å². The molecule has 0 saturated heterocycles. The first-order chi connectivity index (χ1) is 11.4. The van der Waals surface area contributed by atoms with E-state index in [1.165, 1.54) is 32.4 Å². The normalized spacial score (nSPS) is 16.8. The number of nitrogens with zero attached hydrogens (tertiary/aromatic N) is 2. The lowest BCUT2D eigenvalue weighted by molar-refractivity contribution is 0.123. The third-order valence-corrected chi connectivity index (χ3v) is 4.65. The molecule has 1 aromatic carbocycles. The molecule has 0 unspecified atom stereocenters. The van der Waals surface area contributed by atoms with E-state index in [0.29, 0.717) is 31.4 Å². The van der Waals surface area contributed by atoms with Gasteiger partial charge in [-0.1, -0.05) is 0 Å². The van der Waals surface area contributed by atoms with Crippen LogP contribution >= 0.6 is 0 Å². The van der Waals surface area contributed by atoms with Crippen LogP contribution in [0.4, 0.5) is 0 Å². The summed E-state index contributed by atoms with van der Waals surface area (Å²) in [7, 11) is -0.893. The molecule has 1 heterocycles. The Morgan fingerprint density at radius 1 is 1.38 bits per heavy atom. The van der Waals surface area contributed by atoms with Crippen LogP contribution in [0.2, 0.25) is 0 Å². The number of ether oxygens (including phenoxy) is 2. The van der Waals surface area contributed by atoms with Crippen LogP contribution in [-0.2, 0) is 10.0 Å². The van der Waals surface area contributed by atoms with E-state index in [-0.39, 0.29) is 10.9 Å². The summed E-state index contributed by atoms with van der Waals surface area (Å²) < 4.78 is 37.5. The summed E-state index contributed by atoms with van der Waals surface area (Å²) in [5, 5.41) is 12.2. The van der Waals surface area contributed by atoms with Crippen LogP contribution < -0.4 is 19.5 Å². The maximum absolute atomic E-state index is 12.4. The molecule has 3 N–H and O–H groups in total. The van der Waals surface area contributed by atoms with Gasteiger partial charge in [0.15, 0.2) is 11.5 Å². The molecule has 0 bridgehead atoms. The highest BCUT2D eigenvalue weighted by molar-refractivity contribution is 7.90. The minimum absolute atomic E-state index is 0.0380. The quantitative estimate of drug-likeness (QED) is 0.631. The Morgan fingerprint density at radius 2 is 2.08 bits per heavy atom. The molecule has 0 fully saturated rings. The van der Waals surface area contributed by atoms with E-state index in [1.54, 1.807) is 6.92 Å². The van der Waals surface area contributed by atoms with E-state index < -0.39 is 16.1 Å². The monoisotopic (exact) mass is 358 g/mol. The summed E-state index contributed by atoms with van der Waals surface area (Å²) in [4.78, 5) is 6.01. The number of nitrogens with one attached hydrogen (secondary N) is 2. The van der Waals surface area contributed by atoms with Gasteiger partial charge in [0.05, 0.1) is 38.6 Å². The lowest BCUT2D eigenvalue weighted by Crippen LogP contribution is -2.51. The first-order valence-electron chi connectivity index (χ1n) is 7.29. The average molecular weight is 358 g/mol. The number of aliphatic hydroxyl groups is 1. The fourth-order valence-corrected chi connectivity index (χ4v) is 3.22. The topological polar surface area (TPSA) is 112 Å². The fraction of sp³-hybridized carbons (Fsp3) is 0.500. The fourth-order valence-electron chi connectivity index (χ4n) is 2.20. The largest absolute Gasteiger partial charge is 0.493 e. The van der Waals surface area contributed by atoms with Crippen LogP contribution in [0.25, 0.3) is 0 Å². The van der Waals surface area contributed by atoms with Gasteiger partial charge in [-0.05, 0) is 19.1 Å². The van der Waals surface area contributed by atoms with Crippen LogP contribution in [0.1, 0.15) is 6.92 Å². The summed E-state index contributed by atoms with van der Waals surface area (Å²) in [5.41, 5.74) is 0. The number of β-amino-alcohol motifs (C(OH)–C–C–N with tert-alkyl or cyclic N) is 1. The molecule has 1 aromatic rings. The minimum atomic E-state index is -3.80. The second-order valence-electron chi connectivity index (χ2n) is 5.31. The van der Waals surface area contributed by atoms with Crippen LogP contribution in [0, 0.1) is 0 Å². The SMILES string of the molecule is COc1ccc(S(=O)(=O)NC2=NCN(C[C@@H](C)O)CN2)cc1OC. The van der Waals surface area contributed by atoms with Gasteiger partial charge in [0.1, 0.15) is 0 Å². The second-order valence-corrected chi connectivity index (χ2v) is 6.99. The Hall–Kier alpha value is -2.04. The van der Waals surface area contributed by atoms with Gasteiger partial charge in [-0.2, -0.15) is 0 Å². The number of methoxy groups -OCH3 is 2. The maximum atomic E-state index is 12.4. The van der Waals surface area contributed by atoms with Crippen LogP contribution in [0.3, 0.4) is 0 Å². The van der Waals surface area contributed by atoms with Crippen molar-refractivity contribution in [2.45, 2.75) is 17.9 Å². The van der Waals surface area contributed by atoms with Crippen molar-refractivity contribution in [1.82, 2.24) is 14.9 Å². The van der Waals surface area contributed by atoms with Gasteiger partial charge in [0.25, 0.3) is 10.0 Å². The predicted molar refractivity (Wildman–Crippen MR) is 88.6 cm³/mol. The molecular weight excluding hydrogens is 336 g/mol. The zero-order chi connectivity index (χ0) is 17.7. The van der Waals surface area contributed by atoms with E-state index >= 15 is 0 Å². The predicted octanol–water partition coefficient (Wildman–Crippen LogP) is -0.461. The molecule has 0 spiro atoms. The van der Waals surface area contributed by atoms with Gasteiger partial charge in [-0.25, -0.2) is 18.1 Å². The number of aliphatic imine (C=N–C) groups is 1. The third kappa shape index (κ3) is 4.49. The molecule has 134 valence electrons. The lowest BCUT2D eigenvalue weighted by atomic mass is 10.3. The summed E-state index contributed by atoms with van der Waals surface area (Å²) in [6, 6.07) is 4.32. The van der Waals surface area contributed by atoms with Gasteiger partial charge in [0.2, 0.25) is 5.96 Å². The summed E-state index contributed by atoms with van der Waals surface area (Å²) in [5.74, 6) is 0.923. The van der Waals surface area contributed by atoms with Gasteiger partial charge < -0.3 is 19.9 Å². The Morgan fingerprint density at radius 3 is 2.62 bits per heavy atom. The number of benzene rings is 1. The Bertz CT molecular complexity index is 705. The number of aliphatic hydroxyl groups excluding tert-OH is 1. The summed E-state index contributed by atoms with van der Waals surface area (Å²) in [6.07, 6.45) is -0.480. The smallest absolute Gasteiger partial charge is 0.264 e. The zero-order valence-electron chi connectivity index (χ0n) is 13.8. The van der Waals surface area contributed by atoms with Crippen molar-refractivity contribution in [1.29, 1.82) is 0 Å². The molecule has 9 nitrogen and oxygen atoms in total. The number of sulfonamides is 1. The zero-order valence-corrected chi connectivity index (χ0v) is 14.6. The van der Waals surface area contributed by atoms with Crippen molar-refractivity contribution in [2.24, 2.45) is 4.99 Å². The number of rotatable bonds is 6.